The molecular formula is C19H31NO2. The van der Waals surface area contributed by atoms with Crippen molar-refractivity contribution in [1.29, 1.82) is 0 Å². The predicted octanol–water partition coefficient (Wildman–Crippen LogP) is 3.44. The lowest BCUT2D eigenvalue weighted by atomic mass is 9.86. The maximum absolute atomic E-state index is 11.9. The summed E-state index contributed by atoms with van der Waals surface area (Å²) in [5, 5.41) is 12.3. The van der Waals surface area contributed by atoms with Crippen LogP contribution in [0.1, 0.15) is 58.6 Å². The van der Waals surface area contributed by atoms with Crippen molar-refractivity contribution in [3.63, 3.8) is 0 Å². The van der Waals surface area contributed by atoms with E-state index in [1.54, 1.807) is 6.92 Å². The Labute approximate surface area is 135 Å². The van der Waals surface area contributed by atoms with Gasteiger partial charge in [0.1, 0.15) is 0 Å². The number of aliphatic hydroxyl groups excluding tert-OH is 1. The Hall–Kier alpha value is -1.35. The Balaban J connectivity index is 2.35. The Kier molecular flexibility index (Phi) is 7.08. The van der Waals surface area contributed by atoms with Crippen LogP contribution in [0.25, 0.3) is 0 Å². The van der Waals surface area contributed by atoms with E-state index in [4.69, 9.17) is 0 Å². The fourth-order valence-electron chi connectivity index (χ4n) is 2.47. The third-order valence-electron chi connectivity index (χ3n) is 3.85. The highest BCUT2D eigenvalue weighted by atomic mass is 16.3. The lowest BCUT2D eigenvalue weighted by Crippen LogP contribution is -2.29. The first-order valence-corrected chi connectivity index (χ1v) is 8.22. The standard InChI is InChI=1S/C19H31NO2/c1-14(12-15(2)21)13-20-18(22)11-8-16-6-9-17(10-7-16)19(3,4)5/h6-7,9-10,14-15,21H,8,11-13H2,1-5H3,(H,20,22). The summed E-state index contributed by atoms with van der Waals surface area (Å²) in [6.45, 7) is 11.0. The molecule has 0 bridgehead atoms. The molecule has 3 heteroatoms. The van der Waals surface area contributed by atoms with Gasteiger partial charge in [-0.2, -0.15) is 0 Å². The number of carbonyl (C=O) groups excluding carboxylic acids is 1. The molecule has 0 fully saturated rings. The van der Waals surface area contributed by atoms with Crippen molar-refractivity contribution in [3.8, 4) is 0 Å². The van der Waals surface area contributed by atoms with Gasteiger partial charge in [-0.3, -0.25) is 4.79 Å². The molecule has 0 radical (unpaired) electrons. The van der Waals surface area contributed by atoms with Crippen molar-refractivity contribution >= 4 is 5.91 Å². The van der Waals surface area contributed by atoms with E-state index in [9.17, 15) is 9.90 Å². The molecule has 0 heterocycles. The predicted molar refractivity (Wildman–Crippen MR) is 91.9 cm³/mol. The van der Waals surface area contributed by atoms with E-state index < -0.39 is 0 Å². The summed E-state index contributed by atoms with van der Waals surface area (Å²) >= 11 is 0. The van der Waals surface area contributed by atoms with Crippen LogP contribution < -0.4 is 5.32 Å². The highest BCUT2D eigenvalue weighted by Gasteiger charge is 2.13. The summed E-state index contributed by atoms with van der Waals surface area (Å²) in [4.78, 5) is 11.9. The molecule has 0 aliphatic heterocycles. The van der Waals surface area contributed by atoms with Crippen LogP contribution in [0.5, 0.6) is 0 Å². The van der Waals surface area contributed by atoms with Crippen molar-refractivity contribution in [2.45, 2.75) is 65.4 Å². The average Bonchev–Trinajstić information content (AvgIpc) is 2.41. The third-order valence-corrected chi connectivity index (χ3v) is 3.85. The van der Waals surface area contributed by atoms with Crippen LogP contribution in [0.4, 0.5) is 0 Å². The molecular weight excluding hydrogens is 274 g/mol. The molecule has 0 aromatic heterocycles. The lowest BCUT2D eigenvalue weighted by molar-refractivity contribution is -0.121. The number of amides is 1. The van der Waals surface area contributed by atoms with Gasteiger partial charge in [0.25, 0.3) is 0 Å². The van der Waals surface area contributed by atoms with Gasteiger partial charge in [0.2, 0.25) is 5.91 Å². The Bertz CT molecular complexity index is 457. The van der Waals surface area contributed by atoms with Gasteiger partial charge in [0, 0.05) is 13.0 Å². The van der Waals surface area contributed by atoms with Crippen molar-refractivity contribution in [3.05, 3.63) is 35.4 Å². The molecule has 0 aliphatic rings. The van der Waals surface area contributed by atoms with Crippen molar-refractivity contribution in [2.24, 2.45) is 5.92 Å². The summed E-state index contributed by atoms with van der Waals surface area (Å²) in [5.74, 6) is 0.382. The zero-order chi connectivity index (χ0) is 16.8. The highest BCUT2D eigenvalue weighted by molar-refractivity contribution is 5.76. The molecule has 0 aliphatic carbocycles. The van der Waals surface area contributed by atoms with E-state index >= 15 is 0 Å². The van der Waals surface area contributed by atoms with E-state index in [2.05, 4.69) is 50.4 Å². The maximum atomic E-state index is 11.9. The smallest absolute Gasteiger partial charge is 0.220 e. The van der Waals surface area contributed by atoms with Crippen LogP contribution in [-0.2, 0) is 16.6 Å². The number of aryl methyl sites for hydroxylation is 1. The third kappa shape index (κ3) is 7.08. The van der Waals surface area contributed by atoms with E-state index in [0.717, 1.165) is 6.42 Å². The number of rotatable bonds is 7. The first-order chi connectivity index (χ1) is 10.2. The zero-order valence-corrected chi connectivity index (χ0v) is 14.6. The molecule has 0 saturated heterocycles. The van der Waals surface area contributed by atoms with Gasteiger partial charge in [-0.05, 0) is 42.2 Å². The van der Waals surface area contributed by atoms with Crippen molar-refractivity contribution in [2.75, 3.05) is 6.54 Å². The number of aliphatic hydroxyl groups is 1. The minimum atomic E-state index is -0.312. The molecule has 0 saturated carbocycles. The van der Waals surface area contributed by atoms with Crippen molar-refractivity contribution in [1.82, 2.24) is 5.32 Å². The SMILES string of the molecule is CC(O)CC(C)CNC(=O)CCc1ccc(C(C)(C)C)cc1. The van der Waals surface area contributed by atoms with Gasteiger partial charge in [-0.1, -0.05) is 52.0 Å². The average molecular weight is 305 g/mol. The summed E-state index contributed by atoms with van der Waals surface area (Å²) in [6.07, 6.45) is 1.68. The second-order valence-electron chi connectivity index (χ2n) is 7.44. The normalized spacial score (nSPS) is 14.5. The highest BCUT2D eigenvalue weighted by Crippen LogP contribution is 2.22. The maximum Gasteiger partial charge on any atom is 0.220 e. The van der Waals surface area contributed by atoms with Crippen LogP contribution in [0.15, 0.2) is 24.3 Å². The number of carbonyl (C=O) groups is 1. The number of hydrogen-bond donors (Lipinski definition) is 2. The molecule has 2 N–H and O–H groups in total. The molecule has 1 rings (SSSR count). The molecule has 1 aromatic carbocycles. The first-order valence-electron chi connectivity index (χ1n) is 8.22. The van der Waals surface area contributed by atoms with Gasteiger partial charge >= 0.3 is 0 Å². The number of hydrogen-bond acceptors (Lipinski definition) is 2. The van der Waals surface area contributed by atoms with Gasteiger partial charge < -0.3 is 10.4 Å². The molecule has 22 heavy (non-hydrogen) atoms. The summed E-state index contributed by atoms with van der Waals surface area (Å²) in [7, 11) is 0. The fraction of sp³-hybridized carbons (Fsp3) is 0.632. The molecule has 2 atom stereocenters. The Morgan fingerprint density at radius 3 is 2.27 bits per heavy atom. The lowest BCUT2D eigenvalue weighted by Gasteiger charge is -2.19. The van der Waals surface area contributed by atoms with Crippen LogP contribution in [0.2, 0.25) is 0 Å². The van der Waals surface area contributed by atoms with Gasteiger partial charge in [-0.25, -0.2) is 0 Å². The second kappa shape index (κ2) is 8.33. The van der Waals surface area contributed by atoms with Crippen LogP contribution >= 0.6 is 0 Å². The topological polar surface area (TPSA) is 49.3 Å². The van der Waals surface area contributed by atoms with Gasteiger partial charge in [-0.15, -0.1) is 0 Å². The van der Waals surface area contributed by atoms with E-state index in [-0.39, 0.29) is 17.4 Å². The quantitative estimate of drug-likeness (QED) is 0.810. The minimum absolute atomic E-state index is 0.0809. The number of benzene rings is 1. The second-order valence-corrected chi connectivity index (χ2v) is 7.44. The summed E-state index contributed by atoms with van der Waals surface area (Å²) in [6, 6.07) is 8.53. The summed E-state index contributed by atoms with van der Waals surface area (Å²) in [5.41, 5.74) is 2.67. The van der Waals surface area contributed by atoms with E-state index in [0.29, 0.717) is 25.3 Å². The molecule has 2 unspecified atom stereocenters. The molecule has 124 valence electrons. The van der Waals surface area contributed by atoms with Gasteiger partial charge in [0.15, 0.2) is 0 Å². The fourth-order valence-corrected chi connectivity index (χ4v) is 2.47. The van der Waals surface area contributed by atoms with E-state index in [1.165, 1.54) is 11.1 Å². The molecule has 1 amide bonds. The monoisotopic (exact) mass is 305 g/mol. The van der Waals surface area contributed by atoms with Crippen molar-refractivity contribution < 1.29 is 9.90 Å². The number of nitrogens with one attached hydrogen (secondary N) is 1. The first kappa shape index (κ1) is 18.7. The Morgan fingerprint density at radius 1 is 1.18 bits per heavy atom. The molecule has 0 spiro atoms. The van der Waals surface area contributed by atoms with Crippen LogP contribution in [0.3, 0.4) is 0 Å². The van der Waals surface area contributed by atoms with Gasteiger partial charge in [0.05, 0.1) is 6.10 Å². The summed E-state index contributed by atoms with van der Waals surface area (Å²) < 4.78 is 0. The largest absolute Gasteiger partial charge is 0.393 e. The van der Waals surface area contributed by atoms with E-state index in [1.807, 2.05) is 6.92 Å². The molecule has 1 aromatic rings. The molecule has 3 nitrogen and oxygen atoms in total. The minimum Gasteiger partial charge on any atom is -0.393 e. The Morgan fingerprint density at radius 2 is 1.77 bits per heavy atom. The van der Waals surface area contributed by atoms with Crippen LogP contribution in [-0.4, -0.2) is 23.7 Å². The van der Waals surface area contributed by atoms with Crippen LogP contribution in [0, 0.1) is 5.92 Å². The zero-order valence-electron chi connectivity index (χ0n) is 14.6.